The van der Waals surface area contributed by atoms with Gasteiger partial charge in [0.25, 0.3) is 20.1 Å². The summed E-state index contributed by atoms with van der Waals surface area (Å²) in [5, 5.41) is 9.82. The molecule has 0 spiro atoms. The first-order chi connectivity index (χ1) is 15.5. The van der Waals surface area contributed by atoms with Crippen molar-refractivity contribution in [3.63, 3.8) is 0 Å². The van der Waals surface area contributed by atoms with Crippen molar-refractivity contribution in [1.82, 2.24) is 0 Å². The van der Waals surface area contributed by atoms with Gasteiger partial charge in [0.15, 0.2) is 0 Å². The van der Waals surface area contributed by atoms with Crippen molar-refractivity contribution in [2.24, 2.45) is 13.5 Å². The molecule has 3 aromatic rings. The summed E-state index contributed by atoms with van der Waals surface area (Å²) in [7, 11) is 0. The maximum absolute atomic E-state index is 7.01. The fourth-order valence-corrected chi connectivity index (χ4v) is 17.8. The summed E-state index contributed by atoms with van der Waals surface area (Å²) in [5.41, 5.74) is 5.77. The molecule has 33 heavy (non-hydrogen) atoms. The standard InChI is InChI=1S/C21H24Cl3N6P3/c1-16-4-10-19(11-5-16)25-31(22)28-32(23,26-20-12-6-17(2)7-13-20)30-33(24,29-31)27-21-14-8-18(3)9-15-21/h4-15,25-27H,1-3H3. The summed E-state index contributed by atoms with van der Waals surface area (Å²) >= 11 is 21.0. The van der Waals surface area contributed by atoms with Crippen LogP contribution in [0.25, 0.3) is 0 Å². The van der Waals surface area contributed by atoms with Crippen LogP contribution >= 0.6 is 53.8 Å². The molecule has 1 heterocycles. The Labute approximate surface area is 209 Å². The van der Waals surface area contributed by atoms with Crippen LogP contribution in [0.2, 0.25) is 0 Å². The summed E-state index contributed by atoms with van der Waals surface area (Å²) in [4.78, 5) is 0. The van der Waals surface area contributed by atoms with Gasteiger partial charge in [-0.2, -0.15) is 13.5 Å². The van der Waals surface area contributed by atoms with Gasteiger partial charge in [-0.3, -0.25) is 0 Å². The normalized spacial score (nSPS) is 26.4. The van der Waals surface area contributed by atoms with E-state index in [0.29, 0.717) is 0 Å². The van der Waals surface area contributed by atoms with Gasteiger partial charge in [-0.25, -0.2) is 0 Å². The molecule has 174 valence electrons. The van der Waals surface area contributed by atoms with Crippen LogP contribution in [0.4, 0.5) is 17.1 Å². The number of aryl methyl sites for hydroxylation is 3. The highest BCUT2D eigenvalue weighted by atomic mass is 35.7. The third-order valence-corrected chi connectivity index (χ3v) is 16.4. The van der Waals surface area contributed by atoms with Crippen molar-refractivity contribution >= 4 is 70.9 Å². The van der Waals surface area contributed by atoms with Crippen LogP contribution in [0.3, 0.4) is 0 Å². The van der Waals surface area contributed by atoms with E-state index >= 15 is 0 Å². The van der Waals surface area contributed by atoms with E-state index in [9.17, 15) is 0 Å². The zero-order chi connectivity index (χ0) is 23.7. The maximum Gasteiger partial charge on any atom is 0.262 e. The lowest BCUT2D eigenvalue weighted by atomic mass is 10.2. The van der Waals surface area contributed by atoms with Crippen molar-refractivity contribution in [2.75, 3.05) is 15.3 Å². The number of nitrogens with zero attached hydrogens (tertiary/aromatic N) is 3. The smallest absolute Gasteiger partial charge is 0.262 e. The minimum atomic E-state index is -3.05. The monoisotopic (exact) mass is 558 g/mol. The predicted octanol–water partition coefficient (Wildman–Crippen LogP) is 10.8. The first-order valence-corrected chi connectivity index (χ1v) is 17.9. The number of halogens is 3. The van der Waals surface area contributed by atoms with Crippen molar-refractivity contribution in [1.29, 1.82) is 0 Å². The molecule has 0 aliphatic carbocycles. The SMILES string of the molecule is Cc1ccc(NP2(Cl)=NP(Cl)(Nc3ccc(C)cc3)=NP(Cl)(Nc3ccc(C)cc3)=N2)cc1. The summed E-state index contributed by atoms with van der Waals surface area (Å²) in [6, 6.07) is 23.5. The van der Waals surface area contributed by atoms with Gasteiger partial charge in [-0.15, -0.1) is 0 Å². The van der Waals surface area contributed by atoms with E-state index in [2.05, 4.69) is 15.3 Å². The predicted molar refractivity (Wildman–Crippen MR) is 150 cm³/mol. The first kappa shape index (κ1) is 24.7. The number of anilines is 3. The van der Waals surface area contributed by atoms with Crippen molar-refractivity contribution < 1.29 is 0 Å². The van der Waals surface area contributed by atoms with Crippen molar-refractivity contribution in [3.05, 3.63) is 89.5 Å². The minimum Gasteiger partial charge on any atom is -0.323 e. The second-order valence-electron chi connectivity index (χ2n) is 7.78. The lowest BCUT2D eigenvalue weighted by Gasteiger charge is -2.29. The topological polar surface area (TPSA) is 73.2 Å². The molecule has 1 aliphatic rings. The highest BCUT2D eigenvalue weighted by molar-refractivity contribution is 8.10. The average Bonchev–Trinajstić information content (AvgIpc) is 2.72. The quantitative estimate of drug-likeness (QED) is 0.263. The number of hydrogen-bond donors (Lipinski definition) is 3. The first-order valence-electron chi connectivity index (χ1n) is 10.1. The molecule has 0 atom stereocenters. The van der Waals surface area contributed by atoms with Crippen molar-refractivity contribution in [3.8, 4) is 0 Å². The van der Waals surface area contributed by atoms with Crippen LogP contribution in [-0.4, -0.2) is 0 Å². The molecule has 0 bridgehead atoms. The number of rotatable bonds is 6. The van der Waals surface area contributed by atoms with Crippen LogP contribution < -0.4 is 15.3 Å². The van der Waals surface area contributed by atoms with Crippen LogP contribution in [-0.2, 0) is 0 Å². The zero-order valence-electron chi connectivity index (χ0n) is 18.2. The molecular weight excluding hydrogens is 536 g/mol. The number of benzene rings is 3. The van der Waals surface area contributed by atoms with Gasteiger partial charge >= 0.3 is 0 Å². The molecule has 0 aromatic heterocycles. The Morgan fingerprint density at radius 1 is 0.455 bits per heavy atom. The van der Waals surface area contributed by atoms with E-state index in [1.807, 2.05) is 93.6 Å². The van der Waals surface area contributed by atoms with E-state index in [1.54, 1.807) is 0 Å². The van der Waals surface area contributed by atoms with Crippen LogP contribution in [0.15, 0.2) is 86.3 Å². The Morgan fingerprint density at radius 2 is 0.667 bits per heavy atom. The molecule has 3 N–H and O–H groups in total. The number of nitrogens with one attached hydrogen (secondary N) is 3. The van der Waals surface area contributed by atoms with E-state index in [1.165, 1.54) is 0 Å². The van der Waals surface area contributed by atoms with Gasteiger partial charge in [0, 0.05) is 17.1 Å². The number of hydrogen-bond acceptors (Lipinski definition) is 6. The van der Waals surface area contributed by atoms with Gasteiger partial charge in [-0.1, -0.05) is 53.1 Å². The van der Waals surface area contributed by atoms with E-state index in [4.69, 9.17) is 47.3 Å². The molecule has 0 saturated carbocycles. The molecule has 12 heteroatoms. The molecule has 1 aliphatic heterocycles. The third kappa shape index (κ3) is 6.61. The summed E-state index contributed by atoms with van der Waals surface area (Å²) in [6.07, 6.45) is 0. The highest BCUT2D eigenvalue weighted by Gasteiger charge is 2.35. The largest absolute Gasteiger partial charge is 0.323 e. The maximum atomic E-state index is 7.01. The Balaban J connectivity index is 1.78. The Hall–Kier alpha value is -1.38. The fourth-order valence-electron chi connectivity index (χ4n) is 3.04. The van der Waals surface area contributed by atoms with Crippen LogP contribution in [0.1, 0.15) is 16.7 Å². The molecule has 0 radical (unpaired) electrons. The molecule has 0 saturated heterocycles. The van der Waals surface area contributed by atoms with Gasteiger partial charge in [-0.05, 0) is 90.9 Å². The van der Waals surface area contributed by atoms with Gasteiger partial charge < -0.3 is 15.3 Å². The Morgan fingerprint density at radius 3 is 0.879 bits per heavy atom. The summed E-state index contributed by atoms with van der Waals surface area (Å²) < 4.78 is 14.2. The van der Waals surface area contributed by atoms with E-state index in [0.717, 1.165) is 33.8 Å². The molecule has 6 nitrogen and oxygen atoms in total. The van der Waals surface area contributed by atoms with Gasteiger partial charge in [0.2, 0.25) is 0 Å². The van der Waals surface area contributed by atoms with Gasteiger partial charge in [0.05, 0.1) is 0 Å². The molecule has 0 amide bonds. The van der Waals surface area contributed by atoms with Crippen LogP contribution in [0.5, 0.6) is 0 Å². The highest BCUT2D eigenvalue weighted by Crippen LogP contribution is 2.82. The Bertz CT molecular complexity index is 1140. The summed E-state index contributed by atoms with van der Waals surface area (Å²) in [6.45, 7) is -3.09. The Kier molecular flexibility index (Phi) is 7.27. The molecule has 3 aromatic carbocycles. The summed E-state index contributed by atoms with van der Waals surface area (Å²) in [5.74, 6) is 0. The molecular formula is C21H24Cl3N6P3. The third-order valence-electron chi connectivity index (χ3n) is 4.68. The second kappa shape index (κ2) is 9.70. The van der Waals surface area contributed by atoms with Crippen molar-refractivity contribution in [2.45, 2.75) is 20.8 Å². The molecule has 4 rings (SSSR count). The van der Waals surface area contributed by atoms with E-state index < -0.39 is 20.1 Å². The molecule has 0 fully saturated rings. The minimum absolute atomic E-state index is 0.787. The van der Waals surface area contributed by atoms with E-state index in [-0.39, 0.29) is 0 Å². The average molecular weight is 560 g/mol. The van der Waals surface area contributed by atoms with Gasteiger partial charge in [0.1, 0.15) is 0 Å². The molecule has 0 unspecified atom stereocenters. The lowest BCUT2D eigenvalue weighted by Crippen LogP contribution is -1.99. The lowest BCUT2D eigenvalue weighted by molar-refractivity contribution is 1.46. The van der Waals surface area contributed by atoms with Crippen LogP contribution in [0, 0.1) is 20.8 Å². The fraction of sp³-hybridized carbons (Fsp3) is 0.143. The zero-order valence-corrected chi connectivity index (χ0v) is 23.2. The second-order valence-corrected chi connectivity index (χ2v) is 18.0.